The first kappa shape index (κ1) is 9.21. The Morgan fingerprint density at radius 1 is 1.21 bits per heavy atom. The molecule has 0 aromatic carbocycles. The van der Waals surface area contributed by atoms with Crippen molar-refractivity contribution in [2.75, 3.05) is 0 Å². The average Bonchev–Trinajstić information content (AvgIpc) is 2.63. The second kappa shape index (κ2) is 2.98. The van der Waals surface area contributed by atoms with Gasteiger partial charge in [-0.05, 0) is 37.5 Å². The summed E-state index contributed by atoms with van der Waals surface area (Å²) in [5.41, 5.74) is 0.300. The number of hydrogen-bond acceptors (Lipinski definition) is 1. The van der Waals surface area contributed by atoms with Crippen LogP contribution in [-0.4, -0.2) is 11.7 Å². The summed E-state index contributed by atoms with van der Waals surface area (Å²) in [6.45, 7) is 4.76. The number of ether oxygens (including phenoxy) is 1. The van der Waals surface area contributed by atoms with E-state index in [-0.39, 0.29) is 0 Å². The third-order valence-electron chi connectivity index (χ3n) is 4.99. The Hall–Kier alpha value is -0.0400. The first-order valence-corrected chi connectivity index (χ1v) is 6.37. The van der Waals surface area contributed by atoms with Crippen molar-refractivity contribution < 1.29 is 4.74 Å². The molecule has 2 aliphatic carbocycles. The molecule has 4 atom stereocenters. The molecule has 1 heterocycles. The molecule has 0 aromatic rings. The van der Waals surface area contributed by atoms with Gasteiger partial charge in [-0.15, -0.1) is 0 Å². The monoisotopic (exact) mass is 194 g/mol. The van der Waals surface area contributed by atoms with Crippen LogP contribution in [0.25, 0.3) is 0 Å². The van der Waals surface area contributed by atoms with E-state index >= 15 is 0 Å². The maximum atomic E-state index is 5.83. The Bertz CT molecular complexity index is 231. The van der Waals surface area contributed by atoms with Crippen LogP contribution in [0, 0.1) is 17.8 Å². The maximum absolute atomic E-state index is 5.83. The molecule has 1 heteroatoms. The van der Waals surface area contributed by atoms with Gasteiger partial charge in [0.2, 0.25) is 0 Å². The zero-order valence-electron chi connectivity index (χ0n) is 9.46. The Balaban J connectivity index is 1.69. The minimum absolute atomic E-state index is 0.300. The Morgan fingerprint density at radius 2 is 1.93 bits per heavy atom. The molecule has 0 N–H and O–H groups in total. The zero-order valence-corrected chi connectivity index (χ0v) is 9.46. The molecule has 0 aromatic heterocycles. The van der Waals surface area contributed by atoms with E-state index in [9.17, 15) is 0 Å². The van der Waals surface area contributed by atoms with Crippen molar-refractivity contribution in [2.24, 2.45) is 17.8 Å². The van der Waals surface area contributed by atoms with Crippen LogP contribution in [0.4, 0.5) is 0 Å². The van der Waals surface area contributed by atoms with Crippen molar-refractivity contribution in [3.8, 4) is 0 Å². The van der Waals surface area contributed by atoms with Crippen LogP contribution in [0.2, 0.25) is 0 Å². The highest BCUT2D eigenvalue weighted by Gasteiger charge is 2.58. The maximum Gasteiger partial charge on any atom is 0.0923 e. The summed E-state index contributed by atoms with van der Waals surface area (Å²) in [4.78, 5) is 0. The molecule has 14 heavy (non-hydrogen) atoms. The molecule has 1 saturated heterocycles. The minimum Gasteiger partial charge on any atom is -0.366 e. The molecular weight excluding hydrogens is 172 g/mol. The lowest BCUT2D eigenvalue weighted by molar-refractivity contribution is 0.175. The van der Waals surface area contributed by atoms with Crippen LogP contribution in [0.1, 0.15) is 52.4 Å². The van der Waals surface area contributed by atoms with Gasteiger partial charge in [0.1, 0.15) is 0 Å². The molecule has 1 nitrogen and oxygen atoms in total. The smallest absolute Gasteiger partial charge is 0.0923 e. The SMILES string of the molecule is C[C@@H]1CC2(C)OC2C[C@@H]1C1CCCC1. The second-order valence-electron chi connectivity index (χ2n) is 6.04. The molecule has 3 fully saturated rings. The van der Waals surface area contributed by atoms with Crippen LogP contribution in [0.3, 0.4) is 0 Å². The molecule has 1 aliphatic heterocycles. The molecule has 3 aliphatic rings. The van der Waals surface area contributed by atoms with Gasteiger partial charge in [-0.1, -0.05) is 32.6 Å². The molecule has 3 rings (SSSR count). The summed E-state index contributed by atoms with van der Waals surface area (Å²) in [7, 11) is 0. The summed E-state index contributed by atoms with van der Waals surface area (Å²) in [5.74, 6) is 2.93. The fraction of sp³-hybridized carbons (Fsp3) is 1.00. The van der Waals surface area contributed by atoms with Gasteiger partial charge in [0.05, 0.1) is 11.7 Å². The van der Waals surface area contributed by atoms with E-state index < -0.39 is 0 Å². The highest BCUT2D eigenvalue weighted by Crippen LogP contribution is 2.54. The van der Waals surface area contributed by atoms with Crippen molar-refractivity contribution in [3.63, 3.8) is 0 Å². The molecule has 0 radical (unpaired) electrons. The van der Waals surface area contributed by atoms with Gasteiger partial charge >= 0.3 is 0 Å². The number of epoxide rings is 1. The summed E-state index contributed by atoms with van der Waals surface area (Å²) in [6, 6.07) is 0. The van der Waals surface area contributed by atoms with Gasteiger partial charge in [0, 0.05) is 0 Å². The normalized spacial score (nSPS) is 53.1. The lowest BCUT2D eigenvalue weighted by Gasteiger charge is -2.33. The summed E-state index contributed by atoms with van der Waals surface area (Å²) in [6.07, 6.45) is 9.27. The number of rotatable bonds is 1. The van der Waals surface area contributed by atoms with Crippen LogP contribution in [0.15, 0.2) is 0 Å². The molecule has 2 unspecified atom stereocenters. The topological polar surface area (TPSA) is 12.5 Å². The second-order valence-corrected chi connectivity index (χ2v) is 6.04. The van der Waals surface area contributed by atoms with Crippen LogP contribution in [-0.2, 0) is 4.74 Å². The molecule has 2 saturated carbocycles. The van der Waals surface area contributed by atoms with Gasteiger partial charge in [-0.2, -0.15) is 0 Å². The van der Waals surface area contributed by atoms with E-state index in [1.807, 2.05) is 0 Å². The van der Waals surface area contributed by atoms with Crippen molar-refractivity contribution in [1.82, 2.24) is 0 Å². The first-order valence-electron chi connectivity index (χ1n) is 6.37. The Morgan fingerprint density at radius 3 is 2.64 bits per heavy atom. The third-order valence-corrected chi connectivity index (χ3v) is 4.99. The van der Waals surface area contributed by atoms with Crippen molar-refractivity contribution in [2.45, 2.75) is 64.1 Å². The molecule has 0 amide bonds. The van der Waals surface area contributed by atoms with E-state index in [0.29, 0.717) is 11.7 Å². The lowest BCUT2D eigenvalue weighted by atomic mass is 9.69. The molecule has 0 spiro atoms. The predicted octanol–water partition coefficient (Wildman–Crippen LogP) is 3.38. The summed E-state index contributed by atoms with van der Waals surface area (Å²) >= 11 is 0. The van der Waals surface area contributed by atoms with Crippen LogP contribution < -0.4 is 0 Å². The standard InChI is InChI=1S/C13H22O/c1-9-8-13(2)12(14-13)7-11(9)10-5-3-4-6-10/h9-12H,3-8H2,1-2H3/t9-,11+,12?,13?/m1/s1. The van der Waals surface area contributed by atoms with E-state index in [2.05, 4.69) is 13.8 Å². The minimum atomic E-state index is 0.300. The lowest BCUT2D eigenvalue weighted by Crippen LogP contribution is -2.32. The Labute approximate surface area is 87.2 Å². The highest BCUT2D eigenvalue weighted by molar-refractivity contribution is 5.06. The van der Waals surface area contributed by atoms with Gasteiger partial charge in [-0.3, -0.25) is 0 Å². The number of hydrogen-bond donors (Lipinski definition) is 0. The zero-order chi connectivity index (χ0) is 9.76. The van der Waals surface area contributed by atoms with Crippen LogP contribution >= 0.6 is 0 Å². The summed E-state index contributed by atoms with van der Waals surface area (Å²) < 4.78 is 5.83. The van der Waals surface area contributed by atoms with Crippen molar-refractivity contribution in [1.29, 1.82) is 0 Å². The number of fused-ring (bicyclic) bond motifs is 1. The van der Waals surface area contributed by atoms with Gasteiger partial charge in [0.25, 0.3) is 0 Å². The third kappa shape index (κ3) is 1.32. The fourth-order valence-electron chi connectivity index (χ4n) is 4.08. The first-order chi connectivity index (χ1) is 6.69. The van der Waals surface area contributed by atoms with E-state index in [1.165, 1.54) is 38.5 Å². The molecular formula is C13H22O. The van der Waals surface area contributed by atoms with E-state index in [4.69, 9.17) is 4.74 Å². The van der Waals surface area contributed by atoms with Crippen molar-refractivity contribution >= 4 is 0 Å². The predicted molar refractivity (Wildman–Crippen MR) is 57.1 cm³/mol. The van der Waals surface area contributed by atoms with Crippen molar-refractivity contribution in [3.05, 3.63) is 0 Å². The average molecular weight is 194 g/mol. The highest BCUT2D eigenvalue weighted by atomic mass is 16.6. The largest absolute Gasteiger partial charge is 0.366 e. The molecule has 80 valence electrons. The molecule has 0 bridgehead atoms. The quantitative estimate of drug-likeness (QED) is 0.583. The fourth-order valence-corrected chi connectivity index (χ4v) is 4.08. The van der Waals surface area contributed by atoms with E-state index in [0.717, 1.165) is 17.8 Å². The Kier molecular flexibility index (Phi) is 1.96. The van der Waals surface area contributed by atoms with Gasteiger partial charge < -0.3 is 4.74 Å². The van der Waals surface area contributed by atoms with Gasteiger partial charge in [0.15, 0.2) is 0 Å². The summed E-state index contributed by atoms with van der Waals surface area (Å²) in [5, 5.41) is 0. The van der Waals surface area contributed by atoms with E-state index in [1.54, 1.807) is 0 Å². The van der Waals surface area contributed by atoms with Crippen LogP contribution in [0.5, 0.6) is 0 Å². The van der Waals surface area contributed by atoms with Gasteiger partial charge in [-0.25, -0.2) is 0 Å².